The standard InChI is InChI=1S/C18H19F3N4O2/c1-22-9-16(27)23-15-8-13(10-3-2-4-10)17(25-24-15)12-6-5-11(7-14(12)26)18(19,20)21/h5-8,10,22,26H,2-4,9H2,1H3,(H,23,24,27). The van der Waals surface area contributed by atoms with Gasteiger partial charge in [-0.3, -0.25) is 4.79 Å². The predicted octanol–water partition coefficient (Wildman–Crippen LogP) is 3.29. The van der Waals surface area contributed by atoms with Gasteiger partial charge >= 0.3 is 6.18 Å². The van der Waals surface area contributed by atoms with Crippen molar-refractivity contribution in [2.75, 3.05) is 18.9 Å². The average Bonchev–Trinajstić information content (AvgIpc) is 2.53. The van der Waals surface area contributed by atoms with E-state index in [0.717, 1.165) is 30.9 Å². The second kappa shape index (κ2) is 7.51. The Hall–Kier alpha value is -2.68. The highest BCUT2D eigenvalue weighted by atomic mass is 19.4. The number of amides is 1. The number of nitrogens with one attached hydrogen (secondary N) is 2. The second-order valence-corrected chi connectivity index (χ2v) is 6.47. The summed E-state index contributed by atoms with van der Waals surface area (Å²) >= 11 is 0. The van der Waals surface area contributed by atoms with E-state index >= 15 is 0 Å². The van der Waals surface area contributed by atoms with E-state index in [0.29, 0.717) is 11.8 Å². The number of hydrogen-bond acceptors (Lipinski definition) is 5. The molecule has 1 amide bonds. The maximum Gasteiger partial charge on any atom is 0.416 e. The Morgan fingerprint density at radius 2 is 2.00 bits per heavy atom. The summed E-state index contributed by atoms with van der Waals surface area (Å²) in [7, 11) is 1.64. The topological polar surface area (TPSA) is 87.1 Å². The summed E-state index contributed by atoms with van der Waals surface area (Å²) in [5.74, 6) is -0.354. The summed E-state index contributed by atoms with van der Waals surface area (Å²) in [6.07, 6.45) is -1.69. The van der Waals surface area contributed by atoms with Crippen molar-refractivity contribution in [2.24, 2.45) is 0 Å². The highest BCUT2D eigenvalue weighted by molar-refractivity contribution is 5.91. The van der Waals surface area contributed by atoms with Crippen LogP contribution in [0.4, 0.5) is 19.0 Å². The average molecular weight is 380 g/mol. The van der Waals surface area contributed by atoms with E-state index in [9.17, 15) is 23.1 Å². The minimum Gasteiger partial charge on any atom is -0.507 e. The lowest BCUT2D eigenvalue weighted by Gasteiger charge is -2.27. The molecule has 0 aliphatic heterocycles. The first-order valence-electron chi connectivity index (χ1n) is 8.52. The molecule has 3 rings (SSSR count). The Morgan fingerprint density at radius 1 is 1.26 bits per heavy atom. The molecule has 9 heteroatoms. The largest absolute Gasteiger partial charge is 0.507 e. The molecule has 1 saturated carbocycles. The molecule has 144 valence electrons. The minimum atomic E-state index is -4.54. The fraction of sp³-hybridized carbons (Fsp3) is 0.389. The number of alkyl halides is 3. The van der Waals surface area contributed by atoms with E-state index in [1.807, 2.05) is 0 Å². The van der Waals surface area contributed by atoms with Crippen LogP contribution in [0.5, 0.6) is 5.75 Å². The zero-order chi connectivity index (χ0) is 19.6. The number of phenols is 1. The minimum absolute atomic E-state index is 0.113. The van der Waals surface area contributed by atoms with Crippen molar-refractivity contribution in [3.8, 4) is 17.0 Å². The third kappa shape index (κ3) is 4.19. The summed E-state index contributed by atoms with van der Waals surface area (Å²) in [6.45, 7) is 0.113. The van der Waals surface area contributed by atoms with Gasteiger partial charge in [0.15, 0.2) is 5.82 Å². The first kappa shape index (κ1) is 19.1. The number of hydrogen-bond donors (Lipinski definition) is 3. The van der Waals surface area contributed by atoms with Gasteiger partial charge in [0.25, 0.3) is 0 Å². The summed E-state index contributed by atoms with van der Waals surface area (Å²) in [5, 5.41) is 23.5. The number of nitrogens with zero attached hydrogens (tertiary/aromatic N) is 2. The molecular formula is C18H19F3N4O2. The first-order chi connectivity index (χ1) is 12.8. The number of likely N-dealkylation sites (N-methyl/N-ethyl adjacent to an activating group) is 1. The SMILES string of the molecule is CNCC(=O)Nc1cc(C2CCC2)c(-c2ccc(C(F)(F)F)cc2O)nn1. The maximum absolute atomic E-state index is 12.8. The number of halogens is 3. The molecule has 1 aliphatic rings. The zero-order valence-electron chi connectivity index (χ0n) is 14.6. The number of phenolic OH excluding ortho intramolecular Hbond substituents is 1. The first-order valence-corrected chi connectivity index (χ1v) is 8.52. The highest BCUT2D eigenvalue weighted by Gasteiger charge is 2.32. The van der Waals surface area contributed by atoms with Crippen LogP contribution in [0.3, 0.4) is 0 Å². The fourth-order valence-electron chi connectivity index (χ4n) is 2.96. The summed E-state index contributed by atoms with van der Waals surface area (Å²) < 4.78 is 38.5. The molecule has 0 radical (unpaired) electrons. The quantitative estimate of drug-likeness (QED) is 0.741. The third-order valence-corrected chi connectivity index (χ3v) is 4.55. The number of rotatable bonds is 5. The van der Waals surface area contributed by atoms with Crippen LogP contribution in [-0.4, -0.2) is 34.8 Å². The van der Waals surface area contributed by atoms with Crippen LogP contribution in [0.15, 0.2) is 24.3 Å². The molecule has 0 spiro atoms. The van der Waals surface area contributed by atoms with Crippen LogP contribution in [0.1, 0.15) is 36.3 Å². The number of carbonyl (C=O) groups is 1. The van der Waals surface area contributed by atoms with Crippen molar-refractivity contribution >= 4 is 11.7 Å². The molecule has 27 heavy (non-hydrogen) atoms. The van der Waals surface area contributed by atoms with Gasteiger partial charge in [0.1, 0.15) is 11.4 Å². The Bertz CT molecular complexity index is 851. The summed E-state index contributed by atoms with van der Waals surface area (Å²) in [4.78, 5) is 11.7. The predicted molar refractivity (Wildman–Crippen MR) is 93.3 cm³/mol. The Balaban J connectivity index is 1.98. The molecular weight excluding hydrogens is 361 g/mol. The van der Waals surface area contributed by atoms with Crippen LogP contribution in [-0.2, 0) is 11.0 Å². The van der Waals surface area contributed by atoms with Crippen molar-refractivity contribution in [3.63, 3.8) is 0 Å². The van der Waals surface area contributed by atoms with Gasteiger partial charge in [0.2, 0.25) is 5.91 Å². The summed E-state index contributed by atoms with van der Waals surface area (Å²) in [6, 6.07) is 4.47. The maximum atomic E-state index is 12.8. The van der Waals surface area contributed by atoms with Crippen molar-refractivity contribution in [1.82, 2.24) is 15.5 Å². The molecule has 0 saturated heterocycles. The van der Waals surface area contributed by atoms with Crippen LogP contribution >= 0.6 is 0 Å². The number of carbonyl (C=O) groups excluding carboxylic acids is 1. The second-order valence-electron chi connectivity index (χ2n) is 6.47. The normalized spacial score (nSPS) is 14.7. The van der Waals surface area contributed by atoms with Crippen molar-refractivity contribution in [2.45, 2.75) is 31.4 Å². The molecule has 6 nitrogen and oxygen atoms in total. The molecule has 0 atom stereocenters. The van der Waals surface area contributed by atoms with Crippen LogP contribution in [0.25, 0.3) is 11.3 Å². The van der Waals surface area contributed by atoms with Crippen LogP contribution < -0.4 is 10.6 Å². The molecule has 1 fully saturated rings. The van der Waals surface area contributed by atoms with Crippen molar-refractivity contribution < 1.29 is 23.1 Å². The van der Waals surface area contributed by atoms with Crippen molar-refractivity contribution in [3.05, 3.63) is 35.4 Å². The Kier molecular flexibility index (Phi) is 5.31. The monoisotopic (exact) mass is 380 g/mol. The number of benzene rings is 1. The van der Waals surface area contributed by atoms with E-state index < -0.39 is 17.5 Å². The molecule has 1 aromatic carbocycles. The molecule has 3 N–H and O–H groups in total. The molecule has 1 aromatic heterocycles. The van der Waals surface area contributed by atoms with E-state index in [-0.39, 0.29) is 29.8 Å². The lowest BCUT2D eigenvalue weighted by molar-refractivity contribution is -0.137. The van der Waals surface area contributed by atoms with Gasteiger partial charge in [0.05, 0.1) is 12.1 Å². The van der Waals surface area contributed by atoms with E-state index in [1.54, 1.807) is 13.1 Å². The van der Waals surface area contributed by atoms with Crippen molar-refractivity contribution in [1.29, 1.82) is 0 Å². The van der Waals surface area contributed by atoms with Crippen LogP contribution in [0.2, 0.25) is 0 Å². The molecule has 0 bridgehead atoms. The van der Waals surface area contributed by atoms with Gasteiger partial charge in [-0.2, -0.15) is 13.2 Å². The van der Waals surface area contributed by atoms with Gasteiger partial charge in [-0.05, 0) is 55.6 Å². The number of aromatic hydroxyl groups is 1. The van der Waals surface area contributed by atoms with E-state index in [1.165, 1.54) is 6.07 Å². The van der Waals surface area contributed by atoms with Gasteiger partial charge < -0.3 is 15.7 Å². The number of anilines is 1. The Morgan fingerprint density at radius 3 is 2.56 bits per heavy atom. The smallest absolute Gasteiger partial charge is 0.416 e. The molecule has 1 aliphatic carbocycles. The third-order valence-electron chi connectivity index (χ3n) is 4.55. The lowest BCUT2D eigenvalue weighted by atomic mass is 9.78. The zero-order valence-corrected chi connectivity index (χ0v) is 14.6. The molecule has 0 unspecified atom stereocenters. The molecule has 1 heterocycles. The Labute approximate surface area is 153 Å². The highest BCUT2D eigenvalue weighted by Crippen LogP contribution is 2.43. The van der Waals surface area contributed by atoms with Crippen LogP contribution in [0, 0.1) is 0 Å². The number of aromatic nitrogens is 2. The fourth-order valence-corrected chi connectivity index (χ4v) is 2.96. The lowest BCUT2D eigenvalue weighted by Crippen LogP contribution is -2.26. The van der Waals surface area contributed by atoms with E-state index in [4.69, 9.17) is 0 Å². The van der Waals surface area contributed by atoms with E-state index in [2.05, 4.69) is 20.8 Å². The molecule has 2 aromatic rings. The van der Waals surface area contributed by atoms with Gasteiger partial charge in [-0.15, -0.1) is 10.2 Å². The van der Waals surface area contributed by atoms with Gasteiger partial charge in [-0.25, -0.2) is 0 Å². The van der Waals surface area contributed by atoms with Gasteiger partial charge in [0, 0.05) is 5.56 Å². The summed E-state index contributed by atoms with van der Waals surface area (Å²) in [5.41, 5.74) is 0.340. The van der Waals surface area contributed by atoms with Gasteiger partial charge in [-0.1, -0.05) is 6.42 Å².